The van der Waals surface area contributed by atoms with E-state index in [2.05, 4.69) is 20.4 Å². The Bertz CT molecular complexity index is 1110. The van der Waals surface area contributed by atoms with E-state index in [4.69, 9.17) is 4.74 Å². The Labute approximate surface area is 185 Å². The normalized spacial score (nSPS) is 22.9. The first-order valence-corrected chi connectivity index (χ1v) is 10.8. The molecule has 1 aliphatic heterocycles. The zero-order valence-corrected chi connectivity index (χ0v) is 17.9. The van der Waals surface area contributed by atoms with Gasteiger partial charge in [0.25, 0.3) is 0 Å². The number of rotatable bonds is 5. The summed E-state index contributed by atoms with van der Waals surface area (Å²) in [6, 6.07) is 8.41. The van der Waals surface area contributed by atoms with E-state index in [0.717, 1.165) is 32.2 Å². The number of halogens is 1. The summed E-state index contributed by atoms with van der Waals surface area (Å²) in [6.07, 6.45) is 8.29. The van der Waals surface area contributed by atoms with E-state index in [-0.39, 0.29) is 11.9 Å². The summed E-state index contributed by atoms with van der Waals surface area (Å²) in [4.78, 5) is 22.5. The highest BCUT2D eigenvalue weighted by atomic mass is 19.1. The van der Waals surface area contributed by atoms with Crippen molar-refractivity contribution in [3.05, 3.63) is 60.6 Å². The van der Waals surface area contributed by atoms with Crippen LogP contribution in [0.4, 0.5) is 20.7 Å². The Hall–Kier alpha value is -3.49. The molecule has 166 valence electrons. The van der Waals surface area contributed by atoms with E-state index in [9.17, 15) is 9.18 Å². The lowest BCUT2D eigenvalue weighted by Gasteiger charge is -2.35. The monoisotopic (exact) mass is 436 g/mol. The number of benzene rings is 1. The fourth-order valence-corrected chi connectivity index (χ4v) is 4.45. The molecule has 2 aromatic heterocycles. The van der Waals surface area contributed by atoms with Crippen LogP contribution in [0.5, 0.6) is 0 Å². The summed E-state index contributed by atoms with van der Waals surface area (Å²) in [6.45, 7) is 3.12. The molecule has 8 nitrogen and oxygen atoms in total. The van der Waals surface area contributed by atoms with E-state index in [1.54, 1.807) is 41.7 Å². The van der Waals surface area contributed by atoms with E-state index >= 15 is 0 Å². The number of carbonyl (C=O) groups excluding carboxylic acids is 1. The fourth-order valence-electron chi connectivity index (χ4n) is 4.45. The first-order valence-electron chi connectivity index (χ1n) is 10.8. The van der Waals surface area contributed by atoms with Gasteiger partial charge in [-0.2, -0.15) is 5.10 Å². The van der Waals surface area contributed by atoms with Gasteiger partial charge in [-0.15, -0.1) is 0 Å². The predicted molar refractivity (Wildman–Crippen MR) is 117 cm³/mol. The predicted octanol–water partition coefficient (Wildman–Crippen LogP) is 4.11. The summed E-state index contributed by atoms with van der Waals surface area (Å²) in [5, 5.41) is 7.80. The highest BCUT2D eigenvalue weighted by Crippen LogP contribution is 2.40. The minimum atomic E-state index is -0.440. The first kappa shape index (κ1) is 20.4. The fraction of sp³-hybridized carbons (Fsp3) is 0.391. The van der Waals surface area contributed by atoms with Crippen LogP contribution in [0.2, 0.25) is 0 Å². The second-order valence-electron chi connectivity index (χ2n) is 8.55. The maximum Gasteiger partial charge on any atom is 0.415 e. The number of ether oxygens (including phenoxy) is 1. The highest BCUT2D eigenvalue weighted by Gasteiger charge is 2.47. The molecular formula is C23H25FN6O2. The van der Waals surface area contributed by atoms with E-state index in [1.807, 2.05) is 13.0 Å². The van der Waals surface area contributed by atoms with Gasteiger partial charge in [-0.1, -0.05) is 12.1 Å². The number of amides is 1. The lowest BCUT2D eigenvalue weighted by molar-refractivity contribution is 0.0148. The van der Waals surface area contributed by atoms with Crippen molar-refractivity contribution in [2.75, 3.05) is 23.3 Å². The second-order valence-corrected chi connectivity index (χ2v) is 8.55. The molecule has 3 aromatic rings. The summed E-state index contributed by atoms with van der Waals surface area (Å²) < 4.78 is 21.3. The Kier molecular flexibility index (Phi) is 5.24. The Balaban J connectivity index is 1.15. The SMILES string of the molecule is Cc1ncc(N2CC3(CCC(CNc4ccn(-c5ccccc5F)n4)CC3)OC2=O)cn1. The standard InChI is InChI=1S/C23H25FN6O2/c1-16-25-13-18(14-26-16)29-15-23(32-22(29)31)9-6-17(7-10-23)12-27-21-8-11-30(28-21)20-5-3-2-4-19(20)24/h2-5,8,11,13-14,17H,6-7,9-10,12,15H2,1H3,(H,27,28). The van der Waals surface area contributed by atoms with Crippen LogP contribution < -0.4 is 10.2 Å². The number of anilines is 2. The number of para-hydroxylation sites is 1. The number of nitrogens with zero attached hydrogens (tertiary/aromatic N) is 5. The Morgan fingerprint density at radius 2 is 1.94 bits per heavy atom. The number of nitrogens with one attached hydrogen (secondary N) is 1. The molecule has 5 rings (SSSR count). The third kappa shape index (κ3) is 4.02. The van der Waals surface area contributed by atoms with Crippen LogP contribution in [0.25, 0.3) is 5.69 Å². The molecule has 1 spiro atoms. The van der Waals surface area contributed by atoms with Gasteiger partial charge in [-0.3, -0.25) is 4.90 Å². The average molecular weight is 436 g/mol. The summed E-state index contributed by atoms with van der Waals surface area (Å²) >= 11 is 0. The highest BCUT2D eigenvalue weighted by molar-refractivity contribution is 5.89. The molecule has 3 heterocycles. The zero-order chi connectivity index (χ0) is 22.1. The van der Waals surface area contributed by atoms with Crippen LogP contribution in [0.15, 0.2) is 48.9 Å². The molecule has 1 saturated heterocycles. The van der Waals surface area contributed by atoms with Gasteiger partial charge in [0.15, 0.2) is 0 Å². The van der Waals surface area contributed by atoms with Crippen molar-refractivity contribution in [1.82, 2.24) is 19.7 Å². The Morgan fingerprint density at radius 3 is 2.69 bits per heavy atom. The maximum absolute atomic E-state index is 14.0. The van der Waals surface area contributed by atoms with Gasteiger partial charge in [0.1, 0.15) is 28.7 Å². The van der Waals surface area contributed by atoms with Crippen molar-refractivity contribution in [3.8, 4) is 5.69 Å². The molecule has 1 aromatic carbocycles. The molecule has 0 bridgehead atoms. The quantitative estimate of drug-likeness (QED) is 0.648. The number of aromatic nitrogens is 4. The number of aryl methyl sites for hydroxylation is 1. The lowest BCUT2D eigenvalue weighted by atomic mass is 9.78. The third-order valence-electron chi connectivity index (χ3n) is 6.33. The molecular weight excluding hydrogens is 411 g/mol. The van der Waals surface area contributed by atoms with Crippen molar-refractivity contribution in [3.63, 3.8) is 0 Å². The van der Waals surface area contributed by atoms with Crippen LogP contribution >= 0.6 is 0 Å². The van der Waals surface area contributed by atoms with Crippen LogP contribution in [0, 0.1) is 18.7 Å². The molecule has 0 radical (unpaired) electrons. The molecule has 1 aliphatic carbocycles. The number of hydrogen-bond donors (Lipinski definition) is 1. The van der Waals surface area contributed by atoms with Gasteiger partial charge in [0.05, 0.1) is 24.6 Å². The molecule has 1 N–H and O–H groups in total. The molecule has 1 saturated carbocycles. The van der Waals surface area contributed by atoms with Crippen molar-refractivity contribution >= 4 is 17.6 Å². The third-order valence-corrected chi connectivity index (χ3v) is 6.33. The van der Waals surface area contributed by atoms with Crippen molar-refractivity contribution in [2.24, 2.45) is 5.92 Å². The Morgan fingerprint density at radius 1 is 1.19 bits per heavy atom. The van der Waals surface area contributed by atoms with Crippen LogP contribution in [0.1, 0.15) is 31.5 Å². The van der Waals surface area contributed by atoms with Gasteiger partial charge in [0, 0.05) is 18.8 Å². The van der Waals surface area contributed by atoms with Gasteiger partial charge in [-0.25, -0.2) is 23.8 Å². The summed E-state index contributed by atoms with van der Waals surface area (Å²) in [7, 11) is 0. The molecule has 32 heavy (non-hydrogen) atoms. The molecule has 0 unspecified atom stereocenters. The van der Waals surface area contributed by atoms with Gasteiger partial charge >= 0.3 is 6.09 Å². The van der Waals surface area contributed by atoms with Crippen molar-refractivity contribution in [2.45, 2.75) is 38.2 Å². The maximum atomic E-state index is 14.0. The molecule has 0 atom stereocenters. The van der Waals surface area contributed by atoms with Crippen molar-refractivity contribution < 1.29 is 13.9 Å². The second kappa shape index (κ2) is 8.22. The summed E-state index contributed by atoms with van der Waals surface area (Å²) in [5.74, 6) is 1.53. The van der Waals surface area contributed by atoms with Gasteiger partial charge < -0.3 is 10.1 Å². The lowest BCUT2D eigenvalue weighted by Crippen LogP contribution is -2.39. The van der Waals surface area contributed by atoms with Crippen LogP contribution in [-0.4, -0.2) is 44.5 Å². The number of carbonyl (C=O) groups is 1. The average Bonchev–Trinajstić information content (AvgIpc) is 3.39. The van der Waals surface area contributed by atoms with Crippen LogP contribution in [0.3, 0.4) is 0 Å². The van der Waals surface area contributed by atoms with Gasteiger partial charge in [-0.05, 0) is 50.7 Å². The minimum Gasteiger partial charge on any atom is -0.441 e. The molecule has 1 amide bonds. The van der Waals surface area contributed by atoms with Crippen molar-refractivity contribution in [1.29, 1.82) is 0 Å². The smallest absolute Gasteiger partial charge is 0.415 e. The van der Waals surface area contributed by atoms with E-state index in [1.165, 1.54) is 10.7 Å². The molecule has 2 aliphatic rings. The zero-order valence-electron chi connectivity index (χ0n) is 17.9. The van der Waals surface area contributed by atoms with Gasteiger partial charge in [0.2, 0.25) is 0 Å². The van der Waals surface area contributed by atoms with Crippen LogP contribution in [-0.2, 0) is 4.74 Å². The number of hydrogen-bond acceptors (Lipinski definition) is 6. The molecule has 9 heteroatoms. The first-order chi connectivity index (χ1) is 15.5. The van der Waals surface area contributed by atoms with E-state index < -0.39 is 5.60 Å². The largest absolute Gasteiger partial charge is 0.441 e. The summed E-state index contributed by atoms with van der Waals surface area (Å²) in [5.41, 5.74) is 0.656. The molecule has 2 fully saturated rings. The van der Waals surface area contributed by atoms with E-state index in [0.29, 0.717) is 35.5 Å². The minimum absolute atomic E-state index is 0.308. The topological polar surface area (TPSA) is 85.2 Å².